The van der Waals surface area contributed by atoms with E-state index in [1.807, 2.05) is 24.3 Å². The molecule has 0 saturated carbocycles. The molecule has 1 aromatic heterocycles. The molecule has 0 aliphatic rings. The molecular formula is C16H16NNaO4S. The van der Waals surface area contributed by atoms with Crippen LogP contribution in [0.15, 0.2) is 42.5 Å². The van der Waals surface area contributed by atoms with Crippen molar-refractivity contribution in [3.05, 3.63) is 48.0 Å². The van der Waals surface area contributed by atoms with Crippen molar-refractivity contribution < 1.29 is 46.7 Å². The Morgan fingerprint density at radius 1 is 1.00 bits per heavy atom. The molecule has 0 saturated heterocycles. The van der Waals surface area contributed by atoms with Gasteiger partial charge in [0.2, 0.25) is 10.4 Å². The zero-order chi connectivity index (χ0) is 15.6. The van der Waals surface area contributed by atoms with Crippen LogP contribution < -0.4 is 29.6 Å². The molecule has 3 rings (SSSR count). The Bertz CT molecular complexity index is 905. The van der Waals surface area contributed by atoms with Gasteiger partial charge in [0, 0.05) is 21.8 Å². The van der Waals surface area contributed by atoms with Gasteiger partial charge in [-0.3, -0.25) is 4.18 Å². The SMILES string of the molecule is O=S(=O)([O-])OCCCCc1cccc2c1[nH]c1ccccc12.[Na+]. The van der Waals surface area contributed by atoms with Crippen LogP contribution in [0.5, 0.6) is 0 Å². The molecule has 0 unspecified atom stereocenters. The molecule has 1 N–H and O–H groups in total. The minimum atomic E-state index is -4.58. The maximum absolute atomic E-state index is 10.4. The van der Waals surface area contributed by atoms with Gasteiger partial charge in [0.15, 0.2) is 0 Å². The van der Waals surface area contributed by atoms with Crippen LogP contribution in [0.1, 0.15) is 18.4 Å². The summed E-state index contributed by atoms with van der Waals surface area (Å²) < 4.78 is 35.3. The van der Waals surface area contributed by atoms with Crippen LogP contribution in [0.3, 0.4) is 0 Å². The number of hydrogen-bond donors (Lipinski definition) is 1. The molecule has 2 aromatic carbocycles. The van der Waals surface area contributed by atoms with Gasteiger partial charge in [-0.1, -0.05) is 36.4 Å². The Morgan fingerprint density at radius 3 is 2.52 bits per heavy atom. The number of aromatic nitrogens is 1. The van der Waals surface area contributed by atoms with Crippen molar-refractivity contribution in [1.29, 1.82) is 0 Å². The van der Waals surface area contributed by atoms with E-state index in [-0.39, 0.29) is 36.2 Å². The predicted molar refractivity (Wildman–Crippen MR) is 84.4 cm³/mol. The van der Waals surface area contributed by atoms with Crippen molar-refractivity contribution in [3.63, 3.8) is 0 Å². The van der Waals surface area contributed by atoms with E-state index in [0.29, 0.717) is 6.42 Å². The third-order valence-corrected chi connectivity index (χ3v) is 4.15. The van der Waals surface area contributed by atoms with Gasteiger partial charge >= 0.3 is 29.6 Å². The van der Waals surface area contributed by atoms with Gasteiger partial charge in [0.25, 0.3) is 0 Å². The molecule has 0 radical (unpaired) electrons. The molecule has 0 aliphatic heterocycles. The number of aryl methyl sites for hydroxylation is 1. The normalized spacial score (nSPS) is 11.7. The first-order valence-electron chi connectivity index (χ1n) is 7.13. The zero-order valence-electron chi connectivity index (χ0n) is 12.9. The van der Waals surface area contributed by atoms with E-state index < -0.39 is 10.4 Å². The van der Waals surface area contributed by atoms with Crippen LogP contribution in [0.4, 0.5) is 0 Å². The number of nitrogens with one attached hydrogen (secondary N) is 1. The predicted octanol–water partition coefficient (Wildman–Crippen LogP) is 0.125. The van der Waals surface area contributed by atoms with E-state index in [9.17, 15) is 13.0 Å². The third-order valence-electron chi connectivity index (χ3n) is 3.70. The van der Waals surface area contributed by atoms with Crippen LogP contribution in [-0.4, -0.2) is 24.6 Å². The zero-order valence-corrected chi connectivity index (χ0v) is 15.7. The topological polar surface area (TPSA) is 82.2 Å². The Labute approximate surface area is 157 Å². The number of aromatic amines is 1. The first-order chi connectivity index (χ1) is 10.5. The molecule has 1 heterocycles. The molecule has 7 heteroatoms. The fourth-order valence-corrected chi connectivity index (χ4v) is 3.04. The van der Waals surface area contributed by atoms with E-state index in [1.165, 1.54) is 16.3 Å². The van der Waals surface area contributed by atoms with Gasteiger partial charge < -0.3 is 9.54 Å². The second kappa shape index (κ2) is 7.79. The Balaban J connectivity index is 0.00000192. The summed E-state index contributed by atoms with van der Waals surface area (Å²) >= 11 is 0. The quantitative estimate of drug-likeness (QED) is 0.299. The molecule has 0 fully saturated rings. The van der Waals surface area contributed by atoms with Crippen molar-refractivity contribution in [2.24, 2.45) is 0 Å². The standard InChI is InChI=1S/C16H17NO4S.Na/c18-22(19,20)21-11-4-3-6-12-7-5-9-14-13-8-1-2-10-15(13)17-16(12)14;/h1-2,5,7-10,17H,3-4,6,11H2,(H,18,19,20);/q;+1/p-1. The molecule has 0 spiro atoms. The number of para-hydroxylation sites is 2. The smallest absolute Gasteiger partial charge is 0.726 e. The summed E-state index contributed by atoms with van der Waals surface area (Å²) in [5.74, 6) is 0. The van der Waals surface area contributed by atoms with Gasteiger partial charge in [0.05, 0.1) is 6.61 Å². The summed E-state index contributed by atoms with van der Waals surface area (Å²) in [4.78, 5) is 3.43. The third kappa shape index (κ3) is 4.56. The average Bonchev–Trinajstić information content (AvgIpc) is 2.85. The Kier molecular flexibility index (Phi) is 6.25. The van der Waals surface area contributed by atoms with Crippen LogP contribution in [-0.2, 0) is 21.0 Å². The van der Waals surface area contributed by atoms with Gasteiger partial charge in [-0.2, -0.15) is 0 Å². The van der Waals surface area contributed by atoms with E-state index in [2.05, 4.69) is 27.4 Å². The average molecular weight is 341 g/mol. The van der Waals surface area contributed by atoms with E-state index in [0.717, 1.165) is 23.9 Å². The summed E-state index contributed by atoms with van der Waals surface area (Å²) in [7, 11) is -4.58. The first kappa shape index (κ1) is 18.4. The van der Waals surface area contributed by atoms with Crippen LogP contribution in [0.25, 0.3) is 21.8 Å². The van der Waals surface area contributed by atoms with E-state index in [1.54, 1.807) is 0 Å². The fraction of sp³-hybridized carbons (Fsp3) is 0.250. The van der Waals surface area contributed by atoms with Crippen LogP contribution in [0.2, 0.25) is 0 Å². The second-order valence-corrected chi connectivity index (χ2v) is 6.25. The number of H-pyrrole nitrogens is 1. The van der Waals surface area contributed by atoms with Gasteiger partial charge in [0.1, 0.15) is 0 Å². The van der Waals surface area contributed by atoms with Crippen molar-refractivity contribution >= 4 is 32.2 Å². The van der Waals surface area contributed by atoms with E-state index >= 15 is 0 Å². The van der Waals surface area contributed by atoms with Crippen molar-refractivity contribution in [1.82, 2.24) is 4.98 Å². The Hall–Kier alpha value is -0.890. The number of fused-ring (bicyclic) bond motifs is 3. The number of unbranched alkanes of at least 4 members (excludes halogenated alkanes) is 1. The molecule has 0 atom stereocenters. The fourth-order valence-electron chi connectivity index (χ4n) is 2.72. The molecule has 5 nitrogen and oxygen atoms in total. The number of benzene rings is 2. The summed E-state index contributed by atoms with van der Waals surface area (Å²) in [6.07, 6.45) is 2.08. The minimum absolute atomic E-state index is 0. The molecule has 0 amide bonds. The molecule has 0 bridgehead atoms. The monoisotopic (exact) mass is 341 g/mol. The van der Waals surface area contributed by atoms with Crippen molar-refractivity contribution in [2.45, 2.75) is 19.3 Å². The maximum atomic E-state index is 10.4. The molecule has 116 valence electrons. The van der Waals surface area contributed by atoms with Crippen LogP contribution >= 0.6 is 0 Å². The largest absolute Gasteiger partial charge is 1.00 e. The molecule has 23 heavy (non-hydrogen) atoms. The van der Waals surface area contributed by atoms with Crippen LogP contribution in [0, 0.1) is 0 Å². The first-order valence-corrected chi connectivity index (χ1v) is 8.46. The summed E-state index contributed by atoms with van der Waals surface area (Å²) in [6, 6.07) is 14.3. The van der Waals surface area contributed by atoms with Gasteiger partial charge in [-0.15, -0.1) is 0 Å². The molecular weight excluding hydrogens is 325 g/mol. The summed E-state index contributed by atoms with van der Waals surface area (Å²) in [5, 5.41) is 2.38. The number of hydrogen-bond acceptors (Lipinski definition) is 4. The minimum Gasteiger partial charge on any atom is -0.726 e. The molecule has 3 aromatic rings. The van der Waals surface area contributed by atoms with Crippen molar-refractivity contribution in [3.8, 4) is 0 Å². The maximum Gasteiger partial charge on any atom is 1.00 e. The second-order valence-electron chi connectivity index (χ2n) is 5.20. The van der Waals surface area contributed by atoms with Gasteiger partial charge in [-0.05, 0) is 30.9 Å². The number of rotatable bonds is 6. The summed E-state index contributed by atoms with van der Waals surface area (Å²) in [6.45, 7) is -0.0610. The van der Waals surface area contributed by atoms with E-state index in [4.69, 9.17) is 0 Å². The van der Waals surface area contributed by atoms with Gasteiger partial charge in [-0.25, -0.2) is 8.42 Å². The molecule has 0 aliphatic carbocycles. The summed E-state index contributed by atoms with van der Waals surface area (Å²) in [5.41, 5.74) is 3.39. The van der Waals surface area contributed by atoms with Crippen molar-refractivity contribution in [2.75, 3.05) is 6.61 Å². The Morgan fingerprint density at radius 2 is 1.74 bits per heavy atom.